The van der Waals surface area contributed by atoms with Gasteiger partial charge in [0, 0.05) is 38.6 Å². The molecule has 0 bridgehead atoms. The van der Waals surface area contributed by atoms with E-state index in [-0.39, 0.29) is 24.8 Å². The summed E-state index contributed by atoms with van der Waals surface area (Å²) in [4.78, 5) is 17.3. The number of benzene rings is 1. The molecule has 6 heteroatoms. The van der Waals surface area contributed by atoms with Crippen LogP contribution in [0.4, 0.5) is 0 Å². The zero-order chi connectivity index (χ0) is 18.4. The Labute approximate surface area is 183 Å². The van der Waals surface area contributed by atoms with Gasteiger partial charge in [0.05, 0.1) is 0 Å². The second-order valence-electron chi connectivity index (χ2n) is 8.22. The van der Waals surface area contributed by atoms with E-state index >= 15 is 0 Å². The highest BCUT2D eigenvalue weighted by Crippen LogP contribution is 2.24. The van der Waals surface area contributed by atoms with E-state index in [0.717, 1.165) is 57.8 Å². The molecule has 0 radical (unpaired) electrons. The average molecular weight is 430 g/mol. The number of hydrogen-bond donors (Lipinski definition) is 1. The molecule has 1 amide bonds. The molecule has 3 rings (SSSR count). The van der Waals surface area contributed by atoms with Crippen molar-refractivity contribution in [2.24, 2.45) is 5.92 Å². The zero-order valence-corrected chi connectivity index (χ0v) is 18.9. The van der Waals surface area contributed by atoms with Gasteiger partial charge in [-0.3, -0.25) is 9.69 Å². The van der Waals surface area contributed by atoms with Gasteiger partial charge in [-0.05, 0) is 63.6 Å². The van der Waals surface area contributed by atoms with Gasteiger partial charge in [-0.25, -0.2) is 0 Å². The maximum atomic E-state index is 12.7. The Hall–Kier alpha value is -0.810. The van der Waals surface area contributed by atoms with Crippen LogP contribution in [0.3, 0.4) is 0 Å². The lowest BCUT2D eigenvalue weighted by atomic mass is 9.92. The Morgan fingerprint density at radius 2 is 1.82 bits per heavy atom. The molecule has 1 aromatic rings. The van der Waals surface area contributed by atoms with Crippen molar-refractivity contribution in [1.29, 1.82) is 0 Å². The van der Waals surface area contributed by atoms with Crippen molar-refractivity contribution in [2.45, 2.75) is 64.1 Å². The second kappa shape index (κ2) is 12.7. The quantitative estimate of drug-likeness (QED) is 0.738. The number of nitrogens with one attached hydrogen (secondary N) is 1. The van der Waals surface area contributed by atoms with Gasteiger partial charge < -0.3 is 10.2 Å². The Bertz CT molecular complexity index is 566. The number of halogens is 2. The summed E-state index contributed by atoms with van der Waals surface area (Å²) in [5.74, 6) is 1.08. The molecule has 2 heterocycles. The van der Waals surface area contributed by atoms with Crippen LogP contribution in [0.5, 0.6) is 0 Å². The predicted molar refractivity (Wildman–Crippen MR) is 121 cm³/mol. The smallest absolute Gasteiger partial charge is 0.222 e. The highest BCUT2D eigenvalue weighted by molar-refractivity contribution is 5.85. The maximum absolute atomic E-state index is 12.7. The van der Waals surface area contributed by atoms with Crippen molar-refractivity contribution in [1.82, 2.24) is 15.1 Å². The van der Waals surface area contributed by atoms with E-state index in [4.69, 9.17) is 0 Å². The number of rotatable bonds is 6. The van der Waals surface area contributed by atoms with E-state index in [1.54, 1.807) is 0 Å². The van der Waals surface area contributed by atoms with Crippen molar-refractivity contribution < 1.29 is 4.79 Å². The molecule has 2 aliphatic rings. The molecule has 2 fully saturated rings. The van der Waals surface area contributed by atoms with E-state index in [0.29, 0.717) is 18.0 Å². The van der Waals surface area contributed by atoms with Crippen molar-refractivity contribution >= 4 is 30.7 Å². The van der Waals surface area contributed by atoms with Gasteiger partial charge >= 0.3 is 0 Å². The summed E-state index contributed by atoms with van der Waals surface area (Å²) in [6.07, 6.45) is 6.42. The molecule has 1 N–H and O–H groups in total. The summed E-state index contributed by atoms with van der Waals surface area (Å²) < 4.78 is 0. The molecular formula is C22H37Cl2N3O. The third-order valence-electron chi connectivity index (χ3n) is 6.38. The minimum atomic E-state index is 0. The second-order valence-corrected chi connectivity index (χ2v) is 8.22. The van der Waals surface area contributed by atoms with Gasteiger partial charge in [0.15, 0.2) is 0 Å². The number of likely N-dealkylation sites (tertiary alicyclic amines) is 1. The van der Waals surface area contributed by atoms with Crippen molar-refractivity contribution in [3.05, 3.63) is 35.9 Å². The SMILES string of the molecule is CC1CC(N(C)C(=O)CCC2CCNCC2)CCN1Cc1ccccc1.Cl.Cl. The molecule has 0 aromatic heterocycles. The number of carbonyl (C=O) groups is 1. The number of nitrogens with zero attached hydrogens (tertiary/aromatic N) is 2. The van der Waals surface area contributed by atoms with Crippen LogP contribution < -0.4 is 5.32 Å². The molecule has 0 spiro atoms. The van der Waals surface area contributed by atoms with Crippen molar-refractivity contribution in [3.63, 3.8) is 0 Å². The third-order valence-corrected chi connectivity index (χ3v) is 6.38. The van der Waals surface area contributed by atoms with Crippen LogP contribution in [0.15, 0.2) is 30.3 Å². The lowest BCUT2D eigenvalue weighted by Gasteiger charge is -2.41. The highest BCUT2D eigenvalue weighted by Gasteiger charge is 2.30. The maximum Gasteiger partial charge on any atom is 0.222 e. The van der Waals surface area contributed by atoms with Gasteiger partial charge in [0.2, 0.25) is 5.91 Å². The molecule has 1 aromatic carbocycles. The van der Waals surface area contributed by atoms with Crippen molar-refractivity contribution in [3.8, 4) is 0 Å². The molecular weight excluding hydrogens is 393 g/mol. The normalized spacial score (nSPS) is 23.4. The molecule has 2 atom stereocenters. The van der Waals surface area contributed by atoms with Crippen LogP contribution in [0.2, 0.25) is 0 Å². The number of piperidine rings is 2. The largest absolute Gasteiger partial charge is 0.343 e. The fourth-order valence-electron chi connectivity index (χ4n) is 4.48. The van der Waals surface area contributed by atoms with Crippen molar-refractivity contribution in [2.75, 3.05) is 26.7 Å². The number of hydrogen-bond acceptors (Lipinski definition) is 3. The number of carbonyl (C=O) groups excluding carboxylic acids is 1. The van der Waals surface area contributed by atoms with E-state index in [1.165, 1.54) is 18.4 Å². The fraction of sp³-hybridized carbons (Fsp3) is 0.682. The Morgan fingerprint density at radius 3 is 2.46 bits per heavy atom. The summed E-state index contributed by atoms with van der Waals surface area (Å²) in [6.45, 7) is 6.63. The molecule has 2 unspecified atom stereocenters. The third kappa shape index (κ3) is 7.22. The zero-order valence-electron chi connectivity index (χ0n) is 17.3. The molecule has 0 aliphatic carbocycles. The Kier molecular flexibility index (Phi) is 11.4. The van der Waals surface area contributed by atoms with Crippen LogP contribution in [0.25, 0.3) is 0 Å². The minimum absolute atomic E-state index is 0. The first-order valence-electron chi connectivity index (χ1n) is 10.4. The predicted octanol–water partition coefficient (Wildman–Crippen LogP) is 4.12. The van der Waals surface area contributed by atoms with E-state index in [9.17, 15) is 4.79 Å². The lowest BCUT2D eigenvalue weighted by Crippen LogP contribution is -2.49. The Morgan fingerprint density at radius 1 is 1.14 bits per heavy atom. The standard InChI is InChI=1S/C22H35N3O.2ClH/c1-18-16-21(12-15-25(18)17-20-6-4-3-5-7-20)24(2)22(26)9-8-19-10-13-23-14-11-19;;/h3-7,18-19,21,23H,8-17H2,1-2H3;2*1H. The summed E-state index contributed by atoms with van der Waals surface area (Å²) >= 11 is 0. The molecule has 28 heavy (non-hydrogen) atoms. The lowest BCUT2D eigenvalue weighted by molar-refractivity contribution is -0.133. The van der Waals surface area contributed by atoms with Gasteiger partial charge in [-0.2, -0.15) is 0 Å². The van der Waals surface area contributed by atoms with Crippen LogP contribution in [0.1, 0.15) is 51.0 Å². The topological polar surface area (TPSA) is 35.6 Å². The first-order valence-corrected chi connectivity index (χ1v) is 10.4. The van der Waals surface area contributed by atoms with E-state index in [2.05, 4.69) is 52.4 Å². The van der Waals surface area contributed by atoms with E-state index < -0.39 is 0 Å². The number of amides is 1. The fourth-order valence-corrected chi connectivity index (χ4v) is 4.48. The molecule has 2 saturated heterocycles. The minimum Gasteiger partial charge on any atom is -0.343 e. The van der Waals surface area contributed by atoms with Crippen LogP contribution in [-0.4, -0.2) is 54.5 Å². The summed E-state index contributed by atoms with van der Waals surface area (Å²) in [7, 11) is 2.02. The van der Waals surface area contributed by atoms with Gasteiger partial charge in [0.25, 0.3) is 0 Å². The summed E-state index contributed by atoms with van der Waals surface area (Å²) in [5.41, 5.74) is 1.38. The van der Waals surface area contributed by atoms with Gasteiger partial charge in [0.1, 0.15) is 0 Å². The molecule has 0 saturated carbocycles. The molecule has 4 nitrogen and oxygen atoms in total. The highest BCUT2D eigenvalue weighted by atomic mass is 35.5. The van der Waals surface area contributed by atoms with Crippen LogP contribution >= 0.6 is 24.8 Å². The van der Waals surface area contributed by atoms with Crippen LogP contribution in [0, 0.1) is 5.92 Å². The average Bonchev–Trinajstić information content (AvgIpc) is 2.68. The summed E-state index contributed by atoms with van der Waals surface area (Å²) in [5, 5.41) is 3.40. The Balaban J connectivity index is 0.00000196. The monoisotopic (exact) mass is 429 g/mol. The van der Waals surface area contributed by atoms with Crippen LogP contribution in [-0.2, 0) is 11.3 Å². The van der Waals surface area contributed by atoms with Gasteiger partial charge in [-0.15, -0.1) is 24.8 Å². The van der Waals surface area contributed by atoms with E-state index in [1.807, 2.05) is 7.05 Å². The molecule has 160 valence electrons. The summed E-state index contributed by atoms with van der Waals surface area (Å²) in [6, 6.07) is 11.6. The first-order chi connectivity index (χ1) is 12.6. The van der Waals surface area contributed by atoms with Gasteiger partial charge in [-0.1, -0.05) is 30.3 Å². The first kappa shape index (κ1) is 25.2. The molecule has 2 aliphatic heterocycles.